The number of nitrogens with zero attached hydrogens (tertiary/aromatic N) is 6. The molecule has 2 aromatic heterocycles. The first-order chi connectivity index (χ1) is 35.2. The molecule has 0 saturated heterocycles. The van der Waals surface area contributed by atoms with E-state index < -0.39 is 94.9 Å². The smallest absolute Gasteiger partial charge is 0.481 e. The maximum atomic E-state index is 14.7. The Hall–Kier alpha value is -8.67. The van der Waals surface area contributed by atoms with Crippen molar-refractivity contribution in [2.75, 3.05) is 14.1 Å². The molecular weight excluding hydrogens is 1080 g/mol. The number of hydrogen-bond donors (Lipinski definition) is 3. The molecule has 0 fully saturated rings. The predicted octanol–water partition coefficient (Wildman–Crippen LogP) is 6.66. The van der Waals surface area contributed by atoms with Gasteiger partial charge in [-0.3, -0.25) is 34.2 Å². The van der Waals surface area contributed by atoms with E-state index in [1.807, 2.05) is 0 Å². The van der Waals surface area contributed by atoms with Crippen LogP contribution in [0.3, 0.4) is 0 Å². The second kappa shape index (κ2) is 20.9. The van der Waals surface area contributed by atoms with Crippen LogP contribution in [0.5, 0.6) is 11.5 Å². The molecule has 2 aliphatic rings. The summed E-state index contributed by atoms with van der Waals surface area (Å²) in [6, 6.07) is 17.2. The van der Waals surface area contributed by atoms with E-state index in [1.165, 1.54) is 50.8 Å². The number of likely N-dealkylation sites (N-methyl/N-ethyl adjacent to an activating group) is 2. The van der Waals surface area contributed by atoms with Crippen LogP contribution >= 0.6 is 0 Å². The Labute approximate surface area is 422 Å². The molecule has 8 rings (SSSR count). The first-order valence-corrected chi connectivity index (χ1v) is 23.6. The van der Waals surface area contributed by atoms with Crippen molar-refractivity contribution in [1.82, 2.24) is 19.8 Å². The largest absolute Gasteiger partial charge is 0.534 e. The highest BCUT2D eigenvalue weighted by atomic mass is 32.2. The number of hydrogen-bond acceptors (Lipinski definition) is 15. The van der Waals surface area contributed by atoms with E-state index >= 15 is 0 Å². The lowest BCUT2D eigenvalue weighted by atomic mass is 9.81. The third kappa shape index (κ3) is 11.2. The molecule has 2 atom stereocenters. The van der Waals surface area contributed by atoms with E-state index in [0.717, 1.165) is 102 Å². The minimum atomic E-state index is -5.92. The fourth-order valence-corrected chi connectivity index (χ4v) is 8.20. The molecule has 0 saturated carbocycles. The Morgan fingerprint density at radius 1 is 0.553 bits per heavy atom. The number of aromatic nitrogens is 2. The lowest BCUT2D eigenvalue weighted by Crippen LogP contribution is -2.41. The van der Waals surface area contributed by atoms with Gasteiger partial charge < -0.3 is 24.9 Å². The van der Waals surface area contributed by atoms with E-state index in [-0.39, 0.29) is 56.4 Å². The number of aliphatic imine (C=N–C) groups is 2. The number of pyridine rings is 2. The van der Waals surface area contributed by atoms with Crippen molar-refractivity contribution in [3.63, 3.8) is 0 Å². The van der Waals surface area contributed by atoms with E-state index in [2.05, 4.69) is 28.3 Å². The fourth-order valence-electron chi connectivity index (χ4n) is 7.28. The van der Waals surface area contributed by atoms with Gasteiger partial charge in [0.25, 0.3) is 17.8 Å². The zero-order chi connectivity index (χ0) is 56.5. The molecule has 18 nitrogen and oxygen atoms in total. The second-order valence-electron chi connectivity index (χ2n) is 15.8. The molecule has 2 amide bonds. The number of nitrogens with two attached hydrogens (primary N) is 2. The highest BCUT2D eigenvalue weighted by Gasteiger charge is 2.53. The van der Waals surface area contributed by atoms with Crippen LogP contribution in [0.25, 0.3) is 22.3 Å². The Balaban J connectivity index is 0.000000230. The lowest BCUT2D eigenvalue weighted by molar-refractivity contribution is -0.134. The molecule has 0 spiro atoms. The summed E-state index contributed by atoms with van der Waals surface area (Å²) >= 11 is 0. The number of carbonyl (C=O) groups is 3. The van der Waals surface area contributed by atoms with Gasteiger partial charge in [0.2, 0.25) is 0 Å². The van der Waals surface area contributed by atoms with Crippen LogP contribution in [0, 0.1) is 23.3 Å². The van der Waals surface area contributed by atoms with Gasteiger partial charge in [0.1, 0.15) is 34.8 Å². The lowest BCUT2D eigenvalue weighted by Gasteiger charge is -2.27. The third-order valence-electron chi connectivity index (χ3n) is 10.8. The first-order valence-electron chi connectivity index (χ1n) is 20.8. The molecule has 4 aromatic carbocycles. The van der Waals surface area contributed by atoms with Crippen molar-refractivity contribution < 1.29 is 88.6 Å². The van der Waals surface area contributed by atoms with Crippen LogP contribution in [0.2, 0.25) is 0 Å². The van der Waals surface area contributed by atoms with Gasteiger partial charge in [-0.15, -0.1) is 0 Å². The Bertz CT molecular complexity index is 3320. The van der Waals surface area contributed by atoms with Crippen LogP contribution in [0.1, 0.15) is 29.2 Å². The number of carboxylic acids is 1. The first kappa shape index (κ1) is 56.6. The molecule has 0 bridgehead atoms. The van der Waals surface area contributed by atoms with E-state index in [1.54, 1.807) is 0 Å². The SMILES string of the molecule is CC(=O)O.CN1C(=O)C(c2ccc(OS(=O)(=O)C(F)(F)F)cc2)(c2ccc(F)c(-c3cncc(F)c3)c2)N=C1N.CN1C(=O)C(c2ccc(OS(=O)(=O)C(F)(F)F)cc2)(c2ccc(F)c(-c3cncc(F)c3)c2)N=C1N. The Kier molecular flexibility index (Phi) is 15.6. The van der Waals surface area contributed by atoms with E-state index in [0.29, 0.717) is 0 Å². The van der Waals surface area contributed by atoms with Gasteiger partial charge in [-0.2, -0.15) is 43.2 Å². The molecule has 2 unspecified atom stereocenters. The van der Waals surface area contributed by atoms with Crippen LogP contribution < -0.4 is 19.8 Å². The molecule has 6 aromatic rings. The molecule has 0 radical (unpaired) electrons. The normalized spacial score (nSPS) is 17.7. The van der Waals surface area contributed by atoms with Gasteiger partial charge in [-0.05, 0) is 82.9 Å². The average Bonchev–Trinajstić information content (AvgIpc) is 3.71. The van der Waals surface area contributed by atoms with Crippen LogP contribution in [0.4, 0.5) is 43.9 Å². The topological polar surface area (TPSA) is 267 Å². The summed E-state index contributed by atoms with van der Waals surface area (Å²) in [5.41, 5.74) is -3.13. The Morgan fingerprint density at radius 2 is 0.855 bits per heavy atom. The van der Waals surface area contributed by atoms with Gasteiger partial charge >= 0.3 is 31.3 Å². The van der Waals surface area contributed by atoms with Gasteiger partial charge in [0.05, 0.1) is 12.4 Å². The van der Waals surface area contributed by atoms with Gasteiger partial charge in [-0.1, -0.05) is 36.4 Å². The van der Waals surface area contributed by atoms with Crippen LogP contribution in [-0.2, 0) is 45.7 Å². The quantitative estimate of drug-likeness (QED) is 0.0736. The molecule has 2 aliphatic heterocycles. The number of aliphatic carboxylic acids is 1. The minimum absolute atomic E-state index is 0.0616. The summed E-state index contributed by atoms with van der Waals surface area (Å²) in [7, 11) is -9.19. The number of amides is 2. The number of benzene rings is 4. The van der Waals surface area contributed by atoms with Gasteiger partial charge in [-0.25, -0.2) is 27.5 Å². The van der Waals surface area contributed by atoms with Gasteiger partial charge in [0.15, 0.2) is 23.0 Å². The molecule has 30 heteroatoms. The third-order valence-corrected chi connectivity index (χ3v) is 12.8. The van der Waals surface area contributed by atoms with Crippen molar-refractivity contribution in [1.29, 1.82) is 0 Å². The maximum absolute atomic E-state index is 14.7. The predicted molar refractivity (Wildman–Crippen MR) is 247 cm³/mol. The zero-order valence-corrected chi connectivity index (χ0v) is 40.2. The van der Waals surface area contributed by atoms with Crippen molar-refractivity contribution in [3.8, 4) is 33.8 Å². The van der Waals surface area contributed by atoms with E-state index in [4.69, 9.17) is 21.4 Å². The second-order valence-corrected chi connectivity index (χ2v) is 18.9. The number of alkyl halides is 6. The minimum Gasteiger partial charge on any atom is -0.481 e. The Morgan fingerprint density at radius 3 is 1.12 bits per heavy atom. The summed E-state index contributed by atoms with van der Waals surface area (Å²) < 4.78 is 186. The molecule has 5 N–H and O–H groups in total. The molecule has 0 aliphatic carbocycles. The highest BCUT2D eigenvalue weighted by molar-refractivity contribution is 7.88. The van der Waals surface area contributed by atoms with Crippen LogP contribution in [0.15, 0.2) is 132 Å². The number of carbonyl (C=O) groups excluding carboxylic acids is 2. The van der Waals surface area contributed by atoms with Crippen molar-refractivity contribution >= 4 is 49.9 Å². The van der Waals surface area contributed by atoms with Crippen LogP contribution in [-0.4, -0.2) is 96.5 Å². The molecule has 400 valence electrons. The maximum Gasteiger partial charge on any atom is 0.534 e. The highest BCUT2D eigenvalue weighted by Crippen LogP contribution is 2.44. The summed E-state index contributed by atoms with van der Waals surface area (Å²) in [4.78, 5) is 53.7. The zero-order valence-electron chi connectivity index (χ0n) is 38.6. The van der Waals surface area contributed by atoms with Crippen molar-refractivity contribution in [2.45, 2.75) is 29.0 Å². The number of guanidine groups is 2. The molecule has 4 heterocycles. The standard InChI is InChI=1S/2C22H15F5N4O4S.C2H4O2/c2*1-31-19(32)21(30-20(31)28,13-2-5-16(6-3-13)35-36(33,34)22(25,26)27)14-4-7-18(24)17(9-14)12-8-15(23)11-29-10-12;1-2(3)4/h2*2-11H,1H3,(H2,28,30);1H3,(H,3,4). The van der Waals surface area contributed by atoms with Crippen molar-refractivity contribution in [2.24, 2.45) is 21.5 Å². The number of carboxylic acid groups (broad SMARTS) is 1. The van der Waals surface area contributed by atoms with Gasteiger partial charge in [0, 0.05) is 55.7 Å². The summed E-state index contributed by atoms with van der Waals surface area (Å²) in [6.45, 7) is 1.08. The molecule has 76 heavy (non-hydrogen) atoms. The molecular formula is C46H34F10N8O10S2. The number of rotatable bonds is 10. The summed E-state index contributed by atoms with van der Waals surface area (Å²) in [5.74, 6) is -6.93. The van der Waals surface area contributed by atoms with E-state index in [9.17, 15) is 70.3 Å². The van der Waals surface area contributed by atoms with Crippen molar-refractivity contribution in [3.05, 3.63) is 167 Å². The summed E-state index contributed by atoms with van der Waals surface area (Å²) in [6.07, 6.45) is 4.28. The average molecular weight is 1110 g/mol. The fraction of sp³-hybridized carbons (Fsp3) is 0.152. The number of halogens is 10. The monoisotopic (exact) mass is 1110 g/mol. The summed E-state index contributed by atoms with van der Waals surface area (Å²) in [5, 5.41) is 7.42.